The third kappa shape index (κ3) is 5.82. The van der Waals surface area contributed by atoms with Gasteiger partial charge in [0.2, 0.25) is 0 Å². The van der Waals surface area contributed by atoms with Gasteiger partial charge in [-0.3, -0.25) is 0 Å². The Morgan fingerprint density at radius 2 is 0.741 bits per heavy atom. The molecule has 0 atom stereocenters. The van der Waals surface area contributed by atoms with Gasteiger partial charge in [-0.1, -0.05) is 182 Å². The van der Waals surface area contributed by atoms with E-state index in [9.17, 15) is 0 Å². The Morgan fingerprint density at radius 3 is 1.47 bits per heavy atom. The van der Waals surface area contributed by atoms with E-state index in [1.54, 1.807) is 0 Å². The molecule has 2 nitrogen and oxygen atoms in total. The average molecular weight is 740 g/mol. The molecule has 1 aromatic heterocycles. The van der Waals surface area contributed by atoms with Crippen molar-refractivity contribution in [1.29, 1.82) is 0 Å². The molecule has 0 N–H and O–H groups in total. The Morgan fingerprint density at radius 1 is 0.276 bits per heavy atom. The first-order chi connectivity index (χ1) is 28.8. The summed E-state index contributed by atoms with van der Waals surface area (Å²) < 4.78 is 6.24. The Labute approximate surface area is 337 Å². The monoisotopic (exact) mass is 739 g/mol. The van der Waals surface area contributed by atoms with Crippen LogP contribution in [0.25, 0.3) is 88.0 Å². The first-order valence-corrected chi connectivity index (χ1v) is 19.8. The van der Waals surface area contributed by atoms with Crippen LogP contribution in [0.3, 0.4) is 0 Å². The van der Waals surface area contributed by atoms with Crippen molar-refractivity contribution in [2.24, 2.45) is 0 Å². The molecule has 11 rings (SSSR count). The second kappa shape index (κ2) is 14.1. The first-order valence-electron chi connectivity index (χ1n) is 19.8. The molecule has 10 aromatic carbocycles. The van der Waals surface area contributed by atoms with E-state index < -0.39 is 0 Å². The summed E-state index contributed by atoms with van der Waals surface area (Å²) in [5, 5.41) is 7.20. The molecule has 0 aliphatic rings. The topological polar surface area (TPSA) is 16.4 Å². The molecule has 0 bridgehead atoms. The van der Waals surface area contributed by atoms with Gasteiger partial charge in [0.15, 0.2) is 0 Å². The minimum absolute atomic E-state index is 0.890. The average Bonchev–Trinajstić information content (AvgIpc) is 3.67. The van der Waals surface area contributed by atoms with E-state index in [4.69, 9.17) is 4.42 Å². The van der Waals surface area contributed by atoms with Crippen LogP contribution in [0.4, 0.5) is 17.1 Å². The normalized spacial score (nSPS) is 11.4. The molecule has 0 aliphatic heterocycles. The lowest BCUT2D eigenvalue weighted by Gasteiger charge is -2.30. The number of hydrogen-bond acceptors (Lipinski definition) is 2. The number of hydrogen-bond donors (Lipinski definition) is 0. The Balaban J connectivity index is 1.05. The van der Waals surface area contributed by atoms with Gasteiger partial charge >= 0.3 is 0 Å². The quantitative estimate of drug-likeness (QED) is 0.162. The van der Waals surface area contributed by atoms with Crippen molar-refractivity contribution in [3.05, 3.63) is 224 Å². The van der Waals surface area contributed by atoms with E-state index in [1.165, 1.54) is 54.9 Å². The van der Waals surface area contributed by atoms with E-state index in [0.29, 0.717) is 0 Å². The van der Waals surface area contributed by atoms with Gasteiger partial charge in [0.1, 0.15) is 11.2 Å². The van der Waals surface area contributed by atoms with Crippen molar-refractivity contribution in [2.45, 2.75) is 0 Å². The smallest absolute Gasteiger partial charge is 0.135 e. The molecule has 11 aromatic rings. The fourth-order valence-corrected chi connectivity index (χ4v) is 8.69. The third-order valence-corrected chi connectivity index (χ3v) is 11.5. The van der Waals surface area contributed by atoms with Crippen LogP contribution in [0.2, 0.25) is 0 Å². The molecule has 0 unspecified atom stereocenters. The summed E-state index contributed by atoms with van der Waals surface area (Å²) >= 11 is 0. The number of anilines is 3. The van der Waals surface area contributed by atoms with E-state index in [0.717, 1.165) is 50.1 Å². The van der Waals surface area contributed by atoms with Gasteiger partial charge in [-0.15, -0.1) is 0 Å². The predicted molar refractivity (Wildman–Crippen MR) is 245 cm³/mol. The molecule has 0 radical (unpaired) electrons. The molecule has 58 heavy (non-hydrogen) atoms. The SMILES string of the molecule is c1ccc(N(c2ccc(-c3ccc(-c4cccc5ccccc45)cc3)cc2)c2ccccc2-c2cccc3ccccc23)c(-c2ccc3oc4ccccc4c3c2)c1. The Kier molecular flexibility index (Phi) is 8.19. The van der Waals surface area contributed by atoms with Crippen LogP contribution in [0, 0.1) is 0 Å². The highest BCUT2D eigenvalue weighted by atomic mass is 16.3. The van der Waals surface area contributed by atoms with Crippen LogP contribution in [0.5, 0.6) is 0 Å². The molecule has 0 fully saturated rings. The third-order valence-electron chi connectivity index (χ3n) is 11.5. The summed E-state index contributed by atoms with van der Waals surface area (Å²) in [4.78, 5) is 2.43. The molecular weight excluding hydrogens is 703 g/mol. The van der Waals surface area contributed by atoms with Crippen LogP contribution in [-0.4, -0.2) is 0 Å². The van der Waals surface area contributed by atoms with Crippen LogP contribution in [0.1, 0.15) is 0 Å². The molecule has 0 saturated carbocycles. The standard InChI is InChI=1S/C56H37NO/c1-3-17-45-40(13-1)15-11-22-46(45)42-29-27-38(28-30-42)39-31-34-44(35-32-39)57(54-25-9-6-20-50(54)49-23-12-16-41-14-2-4-18-47(41)49)53-24-8-5-19-48(53)43-33-36-56-52(37-43)51-21-7-10-26-55(51)58-56/h1-37H. The number of benzene rings is 10. The lowest BCUT2D eigenvalue weighted by Crippen LogP contribution is -2.12. The van der Waals surface area contributed by atoms with Crippen molar-refractivity contribution in [3.63, 3.8) is 0 Å². The first kappa shape index (κ1) is 33.6. The molecular formula is C56H37NO. The lowest BCUT2D eigenvalue weighted by atomic mass is 9.94. The number of para-hydroxylation sites is 3. The van der Waals surface area contributed by atoms with Crippen LogP contribution < -0.4 is 4.90 Å². The summed E-state index contributed by atoms with van der Waals surface area (Å²) in [5.41, 5.74) is 14.5. The molecule has 2 heteroatoms. The van der Waals surface area contributed by atoms with Gasteiger partial charge in [-0.2, -0.15) is 0 Å². The van der Waals surface area contributed by atoms with Gasteiger partial charge in [0.25, 0.3) is 0 Å². The minimum Gasteiger partial charge on any atom is -0.456 e. The van der Waals surface area contributed by atoms with Gasteiger partial charge in [0, 0.05) is 27.6 Å². The summed E-state index contributed by atoms with van der Waals surface area (Å²) in [6, 6.07) is 80.8. The maximum absolute atomic E-state index is 6.24. The van der Waals surface area contributed by atoms with Gasteiger partial charge in [-0.05, 0) is 97.4 Å². The summed E-state index contributed by atoms with van der Waals surface area (Å²) in [5.74, 6) is 0. The van der Waals surface area contributed by atoms with E-state index >= 15 is 0 Å². The van der Waals surface area contributed by atoms with Crippen molar-refractivity contribution in [1.82, 2.24) is 0 Å². The van der Waals surface area contributed by atoms with Crippen LogP contribution in [-0.2, 0) is 0 Å². The zero-order valence-electron chi connectivity index (χ0n) is 31.7. The van der Waals surface area contributed by atoms with Crippen LogP contribution >= 0.6 is 0 Å². The van der Waals surface area contributed by atoms with Crippen molar-refractivity contribution in [3.8, 4) is 44.5 Å². The summed E-state index contributed by atoms with van der Waals surface area (Å²) in [7, 11) is 0. The number of furan rings is 1. The predicted octanol–water partition coefficient (Wildman–Crippen LogP) is 16.0. The number of rotatable bonds is 7. The van der Waals surface area contributed by atoms with Crippen molar-refractivity contribution < 1.29 is 4.42 Å². The molecule has 1 heterocycles. The second-order valence-electron chi connectivity index (χ2n) is 14.9. The number of fused-ring (bicyclic) bond motifs is 5. The molecule has 0 spiro atoms. The molecule has 0 saturated heterocycles. The Bertz CT molecular complexity index is 3270. The second-order valence-corrected chi connectivity index (χ2v) is 14.9. The molecule has 0 aliphatic carbocycles. The molecule has 272 valence electrons. The fourth-order valence-electron chi connectivity index (χ4n) is 8.69. The maximum atomic E-state index is 6.24. The van der Waals surface area contributed by atoms with Gasteiger partial charge < -0.3 is 9.32 Å². The van der Waals surface area contributed by atoms with Crippen molar-refractivity contribution in [2.75, 3.05) is 4.90 Å². The fraction of sp³-hybridized carbons (Fsp3) is 0. The summed E-state index contributed by atoms with van der Waals surface area (Å²) in [6.07, 6.45) is 0. The maximum Gasteiger partial charge on any atom is 0.135 e. The zero-order chi connectivity index (χ0) is 38.4. The highest BCUT2D eigenvalue weighted by Gasteiger charge is 2.22. The highest BCUT2D eigenvalue weighted by molar-refractivity contribution is 6.07. The summed E-state index contributed by atoms with van der Waals surface area (Å²) in [6.45, 7) is 0. The molecule has 0 amide bonds. The van der Waals surface area contributed by atoms with Gasteiger partial charge in [-0.25, -0.2) is 0 Å². The van der Waals surface area contributed by atoms with Crippen LogP contribution in [0.15, 0.2) is 229 Å². The zero-order valence-corrected chi connectivity index (χ0v) is 31.7. The minimum atomic E-state index is 0.890. The lowest BCUT2D eigenvalue weighted by molar-refractivity contribution is 0.669. The van der Waals surface area contributed by atoms with Gasteiger partial charge in [0.05, 0.1) is 11.4 Å². The van der Waals surface area contributed by atoms with E-state index in [-0.39, 0.29) is 0 Å². The Hall–Kier alpha value is -7.68. The number of nitrogens with zero attached hydrogens (tertiary/aromatic N) is 1. The largest absolute Gasteiger partial charge is 0.456 e. The van der Waals surface area contributed by atoms with E-state index in [2.05, 4.69) is 217 Å². The van der Waals surface area contributed by atoms with Crippen molar-refractivity contribution >= 4 is 60.5 Å². The highest BCUT2D eigenvalue weighted by Crippen LogP contribution is 2.46. The van der Waals surface area contributed by atoms with E-state index in [1.807, 2.05) is 12.1 Å².